The zero-order valence-electron chi connectivity index (χ0n) is 25.2. The molecule has 0 spiro atoms. The maximum Gasteiger partial charge on any atom is 0.290 e. The number of hydrogen-bond donors (Lipinski definition) is 1. The van der Waals surface area contributed by atoms with E-state index in [1.54, 1.807) is 0 Å². The standard InChI is InChI=1S/C35H53NO3/c1-5-9-10-11-12-16-23-32(35(37-6-2,38-7-3)39-8-4)34-31-26-27-19-17-18-22-29(27)30(31)24-25-33(34)36-28-20-14-13-15-21-28/h17-19,22,24-25,28,32,36H,5-16,20-21,23,26H2,1-4H3. The maximum atomic E-state index is 6.53. The number of anilines is 1. The lowest BCUT2D eigenvalue weighted by Gasteiger charge is -2.41. The molecule has 2 aliphatic carbocycles. The summed E-state index contributed by atoms with van der Waals surface area (Å²) in [6.07, 6.45) is 16.0. The van der Waals surface area contributed by atoms with E-state index in [-0.39, 0.29) is 5.92 Å². The first-order valence-corrected chi connectivity index (χ1v) is 16.1. The van der Waals surface area contributed by atoms with E-state index >= 15 is 0 Å². The SMILES string of the molecule is CCCCCCCCC(c1c(NC2CCCCC2)ccc2c1Cc1ccccc1-2)C(OCC)(OCC)OCC. The lowest BCUT2D eigenvalue weighted by atomic mass is 9.83. The molecular weight excluding hydrogens is 482 g/mol. The second-order valence-electron chi connectivity index (χ2n) is 11.4. The fourth-order valence-electron chi connectivity index (χ4n) is 6.88. The molecule has 1 fully saturated rings. The Labute approximate surface area is 238 Å². The van der Waals surface area contributed by atoms with Gasteiger partial charge in [0.25, 0.3) is 5.97 Å². The first-order valence-electron chi connectivity index (χ1n) is 16.1. The molecule has 4 nitrogen and oxygen atoms in total. The van der Waals surface area contributed by atoms with Crippen molar-refractivity contribution in [2.45, 2.75) is 129 Å². The fourth-order valence-corrected chi connectivity index (χ4v) is 6.88. The minimum Gasteiger partial charge on any atom is -0.382 e. The lowest BCUT2D eigenvalue weighted by molar-refractivity contribution is -0.389. The van der Waals surface area contributed by atoms with Crippen molar-refractivity contribution in [3.05, 3.63) is 53.1 Å². The molecule has 2 aromatic carbocycles. The van der Waals surface area contributed by atoms with Crippen LogP contribution < -0.4 is 5.32 Å². The molecule has 0 amide bonds. The van der Waals surface area contributed by atoms with E-state index in [9.17, 15) is 0 Å². The van der Waals surface area contributed by atoms with Crippen LogP contribution >= 0.6 is 0 Å². The Bertz CT molecular complexity index is 996. The number of rotatable bonds is 17. The van der Waals surface area contributed by atoms with Gasteiger partial charge in [-0.3, -0.25) is 0 Å². The van der Waals surface area contributed by atoms with Gasteiger partial charge in [0.15, 0.2) is 0 Å². The molecule has 1 saturated carbocycles. The van der Waals surface area contributed by atoms with E-state index in [0.29, 0.717) is 25.9 Å². The van der Waals surface area contributed by atoms with Gasteiger partial charge in [0.1, 0.15) is 0 Å². The van der Waals surface area contributed by atoms with Gasteiger partial charge in [-0.2, -0.15) is 0 Å². The van der Waals surface area contributed by atoms with Crippen molar-refractivity contribution < 1.29 is 14.2 Å². The van der Waals surface area contributed by atoms with Crippen LogP contribution in [0.2, 0.25) is 0 Å². The van der Waals surface area contributed by atoms with Crippen LogP contribution in [0.4, 0.5) is 5.69 Å². The maximum absolute atomic E-state index is 6.53. The van der Waals surface area contributed by atoms with Crippen molar-refractivity contribution >= 4 is 5.69 Å². The fraction of sp³-hybridized carbons (Fsp3) is 0.657. The molecule has 4 heteroatoms. The Morgan fingerprint density at radius 3 is 2.13 bits per heavy atom. The van der Waals surface area contributed by atoms with Crippen molar-refractivity contribution in [1.29, 1.82) is 0 Å². The van der Waals surface area contributed by atoms with Crippen molar-refractivity contribution in [3.63, 3.8) is 0 Å². The van der Waals surface area contributed by atoms with Gasteiger partial charge >= 0.3 is 0 Å². The summed E-state index contributed by atoms with van der Waals surface area (Å²) in [5.74, 6) is -1.10. The van der Waals surface area contributed by atoms with E-state index in [1.165, 1.54) is 97.7 Å². The lowest BCUT2D eigenvalue weighted by Crippen LogP contribution is -2.46. The highest BCUT2D eigenvalue weighted by atomic mass is 16.9. The van der Waals surface area contributed by atoms with Crippen LogP contribution in [0, 0.1) is 0 Å². The highest BCUT2D eigenvalue weighted by Crippen LogP contribution is 2.49. The third-order valence-electron chi connectivity index (χ3n) is 8.65. The molecular formula is C35H53NO3. The molecule has 1 atom stereocenters. The Morgan fingerprint density at radius 1 is 0.769 bits per heavy atom. The molecule has 1 N–H and O–H groups in total. The molecule has 0 bridgehead atoms. The van der Waals surface area contributed by atoms with Crippen LogP contribution in [-0.2, 0) is 20.6 Å². The van der Waals surface area contributed by atoms with Crippen LogP contribution in [0.5, 0.6) is 0 Å². The largest absolute Gasteiger partial charge is 0.382 e. The van der Waals surface area contributed by atoms with E-state index in [0.717, 1.165) is 19.3 Å². The van der Waals surface area contributed by atoms with Gasteiger partial charge < -0.3 is 19.5 Å². The van der Waals surface area contributed by atoms with Gasteiger partial charge in [0, 0.05) is 31.5 Å². The van der Waals surface area contributed by atoms with Gasteiger partial charge in [-0.1, -0.05) is 95.0 Å². The number of hydrogen-bond acceptors (Lipinski definition) is 4. The van der Waals surface area contributed by atoms with Crippen LogP contribution in [0.3, 0.4) is 0 Å². The van der Waals surface area contributed by atoms with E-state index in [4.69, 9.17) is 14.2 Å². The molecule has 0 aromatic heterocycles. The van der Waals surface area contributed by atoms with Gasteiger partial charge in [-0.25, -0.2) is 0 Å². The minimum atomic E-state index is -1.09. The predicted octanol–water partition coefficient (Wildman–Crippen LogP) is 9.60. The summed E-state index contributed by atoms with van der Waals surface area (Å²) in [4.78, 5) is 0. The smallest absolute Gasteiger partial charge is 0.290 e. The zero-order valence-corrected chi connectivity index (χ0v) is 25.2. The van der Waals surface area contributed by atoms with Gasteiger partial charge in [0.2, 0.25) is 0 Å². The normalized spacial score (nSPS) is 16.2. The predicted molar refractivity (Wildman–Crippen MR) is 164 cm³/mol. The molecule has 39 heavy (non-hydrogen) atoms. The van der Waals surface area contributed by atoms with Crippen LogP contribution in [0.25, 0.3) is 11.1 Å². The number of ether oxygens (including phenoxy) is 3. The molecule has 2 aromatic rings. The van der Waals surface area contributed by atoms with E-state index in [2.05, 4.69) is 69.4 Å². The molecule has 0 saturated heterocycles. The monoisotopic (exact) mass is 535 g/mol. The highest BCUT2D eigenvalue weighted by Gasteiger charge is 2.45. The average molecular weight is 536 g/mol. The van der Waals surface area contributed by atoms with Crippen molar-refractivity contribution in [2.75, 3.05) is 25.1 Å². The molecule has 0 aliphatic heterocycles. The third-order valence-corrected chi connectivity index (χ3v) is 8.65. The quantitative estimate of drug-likeness (QED) is 0.138. The Balaban J connectivity index is 1.79. The molecule has 0 heterocycles. The van der Waals surface area contributed by atoms with Crippen molar-refractivity contribution in [1.82, 2.24) is 0 Å². The minimum absolute atomic E-state index is 0.0149. The topological polar surface area (TPSA) is 39.7 Å². The van der Waals surface area contributed by atoms with Gasteiger partial charge in [0.05, 0.1) is 5.92 Å². The highest BCUT2D eigenvalue weighted by molar-refractivity contribution is 5.81. The molecule has 2 aliphatic rings. The van der Waals surface area contributed by atoms with Crippen molar-refractivity contribution in [2.24, 2.45) is 0 Å². The second kappa shape index (κ2) is 15.2. The molecule has 216 valence electrons. The summed E-state index contributed by atoms with van der Waals surface area (Å²) in [6.45, 7) is 10.1. The van der Waals surface area contributed by atoms with Gasteiger partial charge in [-0.05, 0) is 80.3 Å². The second-order valence-corrected chi connectivity index (χ2v) is 11.4. The molecule has 4 rings (SSSR count). The number of fused-ring (bicyclic) bond motifs is 3. The molecule has 0 radical (unpaired) electrons. The first kappa shape index (κ1) is 30.1. The Kier molecular flexibility index (Phi) is 11.7. The number of benzene rings is 2. The van der Waals surface area contributed by atoms with Crippen molar-refractivity contribution in [3.8, 4) is 11.1 Å². The first-order chi connectivity index (χ1) is 19.2. The van der Waals surface area contributed by atoms with E-state index < -0.39 is 5.97 Å². The zero-order chi connectivity index (χ0) is 27.5. The number of unbranched alkanes of at least 4 members (excludes halogenated alkanes) is 5. The summed E-state index contributed by atoms with van der Waals surface area (Å²) in [5.41, 5.74) is 8.19. The summed E-state index contributed by atoms with van der Waals surface area (Å²) in [6, 6.07) is 14.1. The summed E-state index contributed by atoms with van der Waals surface area (Å²) in [7, 11) is 0. The van der Waals surface area contributed by atoms with Crippen LogP contribution in [0.15, 0.2) is 36.4 Å². The Morgan fingerprint density at radius 2 is 1.44 bits per heavy atom. The van der Waals surface area contributed by atoms with Crippen LogP contribution in [0.1, 0.15) is 127 Å². The Hall–Kier alpha value is -1.88. The third kappa shape index (κ3) is 7.26. The summed E-state index contributed by atoms with van der Waals surface area (Å²) < 4.78 is 19.6. The van der Waals surface area contributed by atoms with E-state index in [1.807, 2.05) is 0 Å². The van der Waals surface area contributed by atoms with Crippen LogP contribution in [-0.4, -0.2) is 31.8 Å². The summed E-state index contributed by atoms with van der Waals surface area (Å²) >= 11 is 0. The van der Waals surface area contributed by atoms with Gasteiger partial charge in [-0.15, -0.1) is 0 Å². The average Bonchev–Trinajstić information content (AvgIpc) is 3.33. The summed E-state index contributed by atoms with van der Waals surface area (Å²) in [5, 5.41) is 4.04. The number of nitrogens with one attached hydrogen (secondary N) is 1. The molecule has 1 unspecified atom stereocenters.